The van der Waals surface area contributed by atoms with Gasteiger partial charge in [0.05, 0.1) is 11.9 Å². The predicted octanol–water partition coefficient (Wildman–Crippen LogP) is 1.44. The minimum absolute atomic E-state index is 0.433. The second-order valence-electron chi connectivity index (χ2n) is 2.16. The number of halogens is 1. The molecule has 0 saturated carbocycles. The third-order valence-corrected chi connectivity index (χ3v) is 1.44. The fraction of sp³-hybridized carbons (Fsp3) is 0.286. The summed E-state index contributed by atoms with van der Waals surface area (Å²) in [6.07, 6.45) is 3.06. The number of nitrogens with two attached hydrogens (primary N) is 1. The van der Waals surface area contributed by atoms with Crippen molar-refractivity contribution in [3.8, 4) is 0 Å². The summed E-state index contributed by atoms with van der Waals surface area (Å²) in [6.45, 7) is 1.28. The molecular weight excluding hydrogens is 131 g/mol. The van der Waals surface area contributed by atoms with Gasteiger partial charge in [0.1, 0.15) is 6.67 Å². The average Bonchev–Trinajstić information content (AvgIpc) is 1.88. The van der Waals surface area contributed by atoms with E-state index in [0.29, 0.717) is 11.3 Å². The van der Waals surface area contributed by atoms with Gasteiger partial charge < -0.3 is 5.73 Å². The monoisotopic (exact) mass is 140 g/mol. The summed E-state index contributed by atoms with van der Waals surface area (Å²) in [5, 5.41) is 0. The van der Waals surface area contributed by atoms with Crippen LogP contribution < -0.4 is 5.73 Å². The molecule has 1 rings (SSSR count). The van der Waals surface area contributed by atoms with Crippen LogP contribution in [0, 0.1) is 6.92 Å². The number of hydrogen-bond acceptors (Lipinski definition) is 2. The van der Waals surface area contributed by atoms with E-state index in [4.69, 9.17) is 5.73 Å². The van der Waals surface area contributed by atoms with Gasteiger partial charge in [0.2, 0.25) is 0 Å². The van der Waals surface area contributed by atoms with Gasteiger partial charge >= 0.3 is 0 Å². The van der Waals surface area contributed by atoms with E-state index in [1.807, 2.05) is 0 Å². The first-order chi connectivity index (χ1) is 4.75. The maximum atomic E-state index is 12.1. The Bertz CT molecular complexity index is 215. The van der Waals surface area contributed by atoms with Crippen molar-refractivity contribution >= 4 is 5.69 Å². The van der Waals surface area contributed by atoms with E-state index in [1.54, 1.807) is 13.1 Å². The zero-order chi connectivity index (χ0) is 7.56. The summed E-state index contributed by atoms with van der Waals surface area (Å²) in [6, 6.07) is 0. The zero-order valence-electron chi connectivity index (χ0n) is 5.76. The van der Waals surface area contributed by atoms with E-state index in [9.17, 15) is 4.39 Å². The maximum Gasteiger partial charge on any atom is 0.117 e. The van der Waals surface area contributed by atoms with Crippen LogP contribution >= 0.6 is 0 Å². The molecule has 1 heterocycles. The summed E-state index contributed by atoms with van der Waals surface area (Å²) in [5.41, 5.74) is 7.22. The highest BCUT2D eigenvalue weighted by Crippen LogP contribution is 2.14. The third-order valence-electron chi connectivity index (χ3n) is 1.44. The van der Waals surface area contributed by atoms with Crippen molar-refractivity contribution in [1.82, 2.24) is 4.98 Å². The van der Waals surface area contributed by atoms with Crippen molar-refractivity contribution < 1.29 is 4.39 Å². The zero-order valence-corrected chi connectivity index (χ0v) is 5.76. The highest BCUT2D eigenvalue weighted by Gasteiger charge is 2.00. The topological polar surface area (TPSA) is 38.9 Å². The molecule has 0 aliphatic rings. The number of aromatic nitrogens is 1. The molecule has 10 heavy (non-hydrogen) atoms. The summed E-state index contributed by atoms with van der Waals surface area (Å²) in [5.74, 6) is 0. The molecular formula is C7H9FN2. The van der Waals surface area contributed by atoms with Gasteiger partial charge in [0.25, 0.3) is 0 Å². The van der Waals surface area contributed by atoms with Gasteiger partial charge in [-0.3, -0.25) is 4.98 Å². The van der Waals surface area contributed by atoms with E-state index >= 15 is 0 Å². The van der Waals surface area contributed by atoms with Crippen LogP contribution in [0.1, 0.15) is 11.1 Å². The minimum Gasteiger partial charge on any atom is -0.397 e. The molecule has 0 radical (unpaired) electrons. The lowest BCUT2D eigenvalue weighted by molar-refractivity contribution is 0.484. The smallest absolute Gasteiger partial charge is 0.117 e. The average molecular weight is 140 g/mol. The van der Waals surface area contributed by atoms with Crippen molar-refractivity contribution in [2.75, 3.05) is 5.73 Å². The maximum absolute atomic E-state index is 12.1. The van der Waals surface area contributed by atoms with E-state index in [2.05, 4.69) is 4.98 Å². The highest BCUT2D eigenvalue weighted by molar-refractivity contribution is 5.47. The highest BCUT2D eigenvalue weighted by atomic mass is 19.1. The van der Waals surface area contributed by atoms with Gasteiger partial charge in [0, 0.05) is 11.8 Å². The minimum atomic E-state index is -0.514. The van der Waals surface area contributed by atoms with Crippen LogP contribution in [-0.4, -0.2) is 4.98 Å². The van der Waals surface area contributed by atoms with Crippen molar-refractivity contribution in [3.63, 3.8) is 0 Å². The first kappa shape index (κ1) is 6.99. The summed E-state index contributed by atoms with van der Waals surface area (Å²) in [7, 11) is 0. The van der Waals surface area contributed by atoms with Gasteiger partial charge in [-0.25, -0.2) is 4.39 Å². The van der Waals surface area contributed by atoms with Crippen molar-refractivity contribution in [2.24, 2.45) is 0 Å². The van der Waals surface area contributed by atoms with Gasteiger partial charge in [-0.15, -0.1) is 0 Å². The van der Waals surface area contributed by atoms with Crippen molar-refractivity contribution in [1.29, 1.82) is 0 Å². The van der Waals surface area contributed by atoms with Crippen LogP contribution in [0.3, 0.4) is 0 Å². The Kier molecular flexibility index (Phi) is 1.85. The molecule has 0 spiro atoms. The Morgan fingerprint density at radius 2 is 2.30 bits per heavy atom. The molecule has 0 amide bonds. The standard InChI is InChI=1S/C7H9FN2/c1-5-3-10-4-7(9)6(5)2-8/h3-4H,2,9H2,1H3. The Morgan fingerprint density at radius 3 is 2.70 bits per heavy atom. The lowest BCUT2D eigenvalue weighted by atomic mass is 10.1. The number of nitrogen functional groups attached to an aromatic ring is 1. The number of nitrogens with zero attached hydrogens (tertiary/aromatic N) is 1. The van der Waals surface area contributed by atoms with E-state index in [-0.39, 0.29) is 0 Å². The molecule has 1 aromatic heterocycles. The van der Waals surface area contributed by atoms with Gasteiger partial charge in [0.15, 0.2) is 0 Å². The summed E-state index contributed by atoms with van der Waals surface area (Å²) in [4.78, 5) is 3.80. The first-order valence-electron chi connectivity index (χ1n) is 3.00. The number of alkyl halides is 1. The van der Waals surface area contributed by atoms with E-state index in [0.717, 1.165) is 5.56 Å². The van der Waals surface area contributed by atoms with Crippen LogP contribution in [0.25, 0.3) is 0 Å². The van der Waals surface area contributed by atoms with Crippen LogP contribution in [0.5, 0.6) is 0 Å². The summed E-state index contributed by atoms with van der Waals surface area (Å²) >= 11 is 0. The van der Waals surface area contributed by atoms with Crippen LogP contribution in [0.15, 0.2) is 12.4 Å². The fourth-order valence-electron chi connectivity index (χ4n) is 0.795. The molecule has 3 heteroatoms. The Hall–Kier alpha value is -1.12. The van der Waals surface area contributed by atoms with Gasteiger partial charge in [-0.2, -0.15) is 0 Å². The SMILES string of the molecule is Cc1cncc(N)c1CF. The molecule has 0 aliphatic carbocycles. The predicted molar refractivity (Wildman–Crippen MR) is 38.2 cm³/mol. The second kappa shape index (κ2) is 2.64. The molecule has 2 nitrogen and oxygen atoms in total. The largest absolute Gasteiger partial charge is 0.397 e. The number of rotatable bonds is 1. The normalized spacial score (nSPS) is 9.80. The summed E-state index contributed by atoms with van der Waals surface area (Å²) < 4.78 is 12.1. The molecule has 0 aliphatic heterocycles. The van der Waals surface area contributed by atoms with Crippen LogP contribution in [0.4, 0.5) is 10.1 Å². The van der Waals surface area contributed by atoms with Gasteiger partial charge in [-0.1, -0.05) is 0 Å². The Balaban J connectivity index is 3.17. The second-order valence-corrected chi connectivity index (χ2v) is 2.16. The van der Waals surface area contributed by atoms with Crippen molar-refractivity contribution in [2.45, 2.75) is 13.6 Å². The lowest BCUT2D eigenvalue weighted by Crippen LogP contribution is -1.95. The number of hydrogen-bond donors (Lipinski definition) is 1. The van der Waals surface area contributed by atoms with Gasteiger partial charge in [-0.05, 0) is 12.5 Å². The Labute approximate surface area is 58.9 Å². The van der Waals surface area contributed by atoms with Crippen LogP contribution in [0.2, 0.25) is 0 Å². The van der Waals surface area contributed by atoms with E-state index in [1.165, 1.54) is 6.20 Å². The Morgan fingerprint density at radius 1 is 1.60 bits per heavy atom. The third kappa shape index (κ3) is 1.07. The molecule has 0 saturated heterocycles. The molecule has 1 aromatic rings. The first-order valence-corrected chi connectivity index (χ1v) is 3.00. The molecule has 0 unspecified atom stereocenters. The quantitative estimate of drug-likeness (QED) is 0.641. The lowest BCUT2D eigenvalue weighted by Gasteiger charge is -2.02. The molecule has 0 atom stereocenters. The van der Waals surface area contributed by atoms with Crippen molar-refractivity contribution in [3.05, 3.63) is 23.5 Å². The number of aryl methyl sites for hydroxylation is 1. The molecule has 0 aromatic carbocycles. The molecule has 2 N–H and O–H groups in total. The van der Waals surface area contributed by atoms with E-state index < -0.39 is 6.67 Å². The van der Waals surface area contributed by atoms with Crippen LogP contribution in [-0.2, 0) is 6.67 Å². The fourth-order valence-corrected chi connectivity index (χ4v) is 0.795. The molecule has 54 valence electrons. The molecule has 0 bridgehead atoms. The molecule has 0 fully saturated rings. The number of pyridine rings is 1. The number of anilines is 1.